The van der Waals surface area contributed by atoms with Crippen molar-refractivity contribution in [3.05, 3.63) is 107 Å². The van der Waals surface area contributed by atoms with Crippen LogP contribution in [0.3, 0.4) is 0 Å². The minimum Gasteiger partial charge on any atom is -0.370 e. The summed E-state index contributed by atoms with van der Waals surface area (Å²) in [7, 11) is -2.01. The molecule has 0 aliphatic heterocycles. The van der Waals surface area contributed by atoms with Crippen LogP contribution < -0.4 is 26.4 Å². The lowest BCUT2D eigenvalue weighted by molar-refractivity contribution is -0.132. The molecular formula is C29H36N6O4S. The molecule has 0 heterocycles. The van der Waals surface area contributed by atoms with E-state index in [1.807, 2.05) is 60.7 Å². The summed E-state index contributed by atoms with van der Waals surface area (Å²) in [5, 5.41) is 15.9. The molecule has 0 fully saturated rings. The fourth-order valence-corrected chi connectivity index (χ4v) is 4.98. The highest BCUT2D eigenvalue weighted by atomic mass is 32.2. The quantitative estimate of drug-likeness (QED) is 0.0988. The van der Waals surface area contributed by atoms with E-state index < -0.39 is 33.8 Å². The molecule has 0 aromatic heterocycles. The topological polar surface area (TPSA) is 166 Å². The van der Waals surface area contributed by atoms with Crippen molar-refractivity contribution in [2.24, 2.45) is 5.73 Å². The Labute approximate surface area is 235 Å². The molecule has 3 rings (SSSR count). The van der Waals surface area contributed by atoms with Crippen molar-refractivity contribution in [2.45, 2.75) is 37.1 Å². The third-order valence-corrected chi connectivity index (χ3v) is 7.65. The number of hydrogen-bond donors (Lipinski definition) is 6. The van der Waals surface area contributed by atoms with Gasteiger partial charge in [0.1, 0.15) is 0 Å². The second-order valence-corrected chi connectivity index (χ2v) is 11.2. The number of carbonyl (C=O) groups excluding carboxylic acids is 2. The van der Waals surface area contributed by atoms with Gasteiger partial charge in [-0.05, 0) is 42.1 Å². The molecule has 11 heteroatoms. The zero-order chi connectivity index (χ0) is 29.0. The van der Waals surface area contributed by atoms with Gasteiger partial charge >= 0.3 is 0 Å². The van der Waals surface area contributed by atoms with Crippen LogP contribution in [-0.4, -0.2) is 45.8 Å². The molecule has 0 aliphatic carbocycles. The molecule has 40 heavy (non-hydrogen) atoms. The second kappa shape index (κ2) is 14.9. The Morgan fingerprint density at radius 1 is 0.850 bits per heavy atom. The van der Waals surface area contributed by atoms with Gasteiger partial charge in [0.05, 0.1) is 17.7 Å². The summed E-state index contributed by atoms with van der Waals surface area (Å²) in [5.74, 6) is -1.82. The van der Waals surface area contributed by atoms with Crippen molar-refractivity contribution in [1.82, 2.24) is 20.7 Å². The van der Waals surface area contributed by atoms with Crippen LogP contribution in [0.25, 0.3) is 0 Å². The van der Waals surface area contributed by atoms with Crippen LogP contribution in [0.15, 0.2) is 84.9 Å². The molecule has 2 amide bonds. The maximum atomic E-state index is 13.5. The van der Waals surface area contributed by atoms with Crippen LogP contribution in [0.1, 0.15) is 41.0 Å². The molecule has 3 aromatic carbocycles. The number of nitrogens with one attached hydrogen (secondary N) is 5. The molecule has 0 aliphatic rings. The molecule has 0 saturated carbocycles. The highest BCUT2D eigenvalue weighted by Gasteiger charge is 2.27. The number of nitrogens with two attached hydrogens (primary N) is 1. The van der Waals surface area contributed by atoms with Crippen molar-refractivity contribution >= 4 is 27.8 Å². The Bertz CT molecular complexity index is 1330. The zero-order valence-electron chi connectivity index (χ0n) is 22.4. The monoisotopic (exact) mass is 564 g/mol. The summed E-state index contributed by atoms with van der Waals surface area (Å²) in [4.78, 5) is 26.8. The standard InChI is InChI=1S/C29H36N6O4S/c1-32-40(38,39)20-22-16-14-21(15-17-22)19-34-25(13-8-18-33-29(30)31)27(36)35-28(37)26(23-9-4-2-5-10-23)24-11-6-3-7-12-24/h2-7,9-12,14-17,25-26,32,34H,8,13,18-20H2,1H3,(H4,30,31,33)(H,35,36,37)/t25-/m0/s1. The average Bonchev–Trinajstić information content (AvgIpc) is 2.94. The Hall–Kier alpha value is -4.06. The second-order valence-electron chi connectivity index (χ2n) is 9.30. The number of amides is 2. The molecule has 1 atom stereocenters. The van der Waals surface area contributed by atoms with E-state index in [2.05, 4.69) is 20.7 Å². The minimum absolute atomic E-state index is 0.127. The van der Waals surface area contributed by atoms with Gasteiger partial charge in [0.25, 0.3) is 0 Å². The maximum absolute atomic E-state index is 13.5. The van der Waals surface area contributed by atoms with Gasteiger partial charge in [-0.3, -0.25) is 20.3 Å². The SMILES string of the molecule is CNS(=O)(=O)Cc1ccc(CN[C@@H](CCCNC(=N)N)C(=O)NC(=O)C(c2ccccc2)c2ccccc2)cc1. The summed E-state index contributed by atoms with van der Waals surface area (Å²) < 4.78 is 25.9. The molecular weight excluding hydrogens is 528 g/mol. The van der Waals surface area contributed by atoms with Crippen LogP contribution in [0, 0.1) is 5.41 Å². The van der Waals surface area contributed by atoms with Gasteiger partial charge in [0.15, 0.2) is 5.96 Å². The number of rotatable bonds is 14. The molecule has 3 aromatic rings. The lowest BCUT2D eigenvalue weighted by atomic mass is 9.90. The third-order valence-electron chi connectivity index (χ3n) is 6.32. The summed E-state index contributed by atoms with van der Waals surface area (Å²) in [6.45, 7) is 0.728. The Morgan fingerprint density at radius 2 is 1.40 bits per heavy atom. The largest absolute Gasteiger partial charge is 0.370 e. The van der Waals surface area contributed by atoms with Gasteiger partial charge in [-0.25, -0.2) is 13.1 Å². The summed E-state index contributed by atoms with van der Waals surface area (Å²) in [6.07, 6.45) is 0.916. The number of carbonyl (C=O) groups is 2. The van der Waals surface area contributed by atoms with E-state index in [1.54, 1.807) is 24.3 Å². The average molecular weight is 565 g/mol. The molecule has 0 saturated heterocycles. The van der Waals surface area contributed by atoms with Crippen LogP contribution >= 0.6 is 0 Å². The lowest BCUT2D eigenvalue weighted by Gasteiger charge is -2.21. The van der Waals surface area contributed by atoms with Crippen molar-refractivity contribution in [3.8, 4) is 0 Å². The number of guanidine groups is 1. The fraction of sp³-hybridized carbons (Fsp3) is 0.276. The first-order valence-electron chi connectivity index (χ1n) is 12.9. The zero-order valence-corrected chi connectivity index (χ0v) is 23.2. The van der Waals surface area contributed by atoms with Crippen LogP contribution in [0.2, 0.25) is 0 Å². The Balaban J connectivity index is 1.72. The van der Waals surface area contributed by atoms with E-state index in [0.29, 0.717) is 31.5 Å². The first-order chi connectivity index (χ1) is 19.2. The van der Waals surface area contributed by atoms with Crippen LogP contribution in [0.5, 0.6) is 0 Å². The summed E-state index contributed by atoms with van der Waals surface area (Å²) >= 11 is 0. The first-order valence-corrected chi connectivity index (χ1v) is 14.6. The number of hydrogen-bond acceptors (Lipinski definition) is 6. The molecule has 7 N–H and O–H groups in total. The molecule has 212 valence electrons. The van der Waals surface area contributed by atoms with Crippen molar-refractivity contribution < 1.29 is 18.0 Å². The van der Waals surface area contributed by atoms with Gasteiger partial charge in [-0.1, -0.05) is 84.9 Å². The molecule has 10 nitrogen and oxygen atoms in total. The predicted molar refractivity (Wildman–Crippen MR) is 156 cm³/mol. The molecule has 0 bridgehead atoms. The molecule has 0 unspecified atom stereocenters. The van der Waals surface area contributed by atoms with Crippen molar-refractivity contribution in [1.29, 1.82) is 5.41 Å². The van der Waals surface area contributed by atoms with Crippen molar-refractivity contribution in [3.63, 3.8) is 0 Å². The lowest BCUT2D eigenvalue weighted by Crippen LogP contribution is -2.47. The maximum Gasteiger partial charge on any atom is 0.243 e. The smallest absolute Gasteiger partial charge is 0.243 e. The highest BCUT2D eigenvalue weighted by Crippen LogP contribution is 2.24. The first kappa shape index (κ1) is 30.5. The van der Waals surface area contributed by atoms with Crippen LogP contribution in [-0.2, 0) is 31.9 Å². The predicted octanol–water partition coefficient (Wildman–Crippen LogP) is 1.93. The fourth-order valence-electron chi connectivity index (χ4n) is 4.21. The van der Waals surface area contributed by atoms with Gasteiger partial charge < -0.3 is 16.4 Å². The number of imide groups is 1. The molecule has 0 radical (unpaired) electrons. The summed E-state index contributed by atoms with van der Waals surface area (Å²) in [6, 6.07) is 24.9. The van der Waals surface area contributed by atoms with E-state index in [0.717, 1.165) is 16.7 Å². The van der Waals surface area contributed by atoms with Gasteiger partial charge in [0, 0.05) is 13.1 Å². The van der Waals surface area contributed by atoms with E-state index in [-0.39, 0.29) is 11.7 Å². The molecule has 0 spiro atoms. The van der Waals surface area contributed by atoms with E-state index in [9.17, 15) is 18.0 Å². The van der Waals surface area contributed by atoms with Gasteiger partial charge in [-0.2, -0.15) is 0 Å². The third kappa shape index (κ3) is 9.60. The van der Waals surface area contributed by atoms with Gasteiger partial charge in [-0.15, -0.1) is 0 Å². The number of benzene rings is 3. The van der Waals surface area contributed by atoms with E-state index in [1.165, 1.54) is 7.05 Å². The minimum atomic E-state index is -3.38. The highest BCUT2D eigenvalue weighted by molar-refractivity contribution is 7.88. The van der Waals surface area contributed by atoms with E-state index >= 15 is 0 Å². The van der Waals surface area contributed by atoms with Crippen LogP contribution in [0.4, 0.5) is 0 Å². The van der Waals surface area contributed by atoms with Gasteiger partial charge in [0.2, 0.25) is 21.8 Å². The van der Waals surface area contributed by atoms with Crippen molar-refractivity contribution in [2.75, 3.05) is 13.6 Å². The normalized spacial score (nSPS) is 12.1. The number of sulfonamides is 1. The Kier molecular flexibility index (Phi) is 11.4. The summed E-state index contributed by atoms with van der Waals surface area (Å²) in [5.41, 5.74) is 8.40. The van der Waals surface area contributed by atoms with E-state index in [4.69, 9.17) is 11.1 Å². The Morgan fingerprint density at radius 3 is 1.93 bits per heavy atom.